The molecule has 1 saturated carbocycles. The first-order chi connectivity index (χ1) is 15.8. The number of esters is 1. The number of hydrogen-bond acceptors (Lipinski definition) is 7. The van der Waals surface area contributed by atoms with Crippen molar-refractivity contribution in [2.45, 2.75) is 37.1 Å². The van der Waals surface area contributed by atoms with E-state index in [-0.39, 0.29) is 27.4 Å². The van der Waals surface area contributed by atoms with Gasteiger partial charge in [0.15, 0.2) is 9.84 Å². The van der Waals surface area contributed by atoms with Gasteiger partial charge in [0.1, 0.15) is 11.9 Å². The van der Waals surface area contributed by atoms with E-state index in [1.54, 1.807) is 6.92 Å². The molecule has 0 saturated heterocycles. The summed E-state index contributed by atoms with van der Waals surface area (Å²) in [6, 6.07) is 8.56. The van der Waals surface area contributed by atoms with E-state index in [0.717, 1.165) is 35.9 Å². The molecule has 2 aromatic carbocycles. The molecule has 1 fully saturated rings. The molecule has 0 amide bonds. The average Bonchev–Trinajstić information content (AvgIpc) is 3.58. The highest BCUT2D eigenvalue weighted by atomic mass is 32.2. The van der Waals surface area contributed by atoms with Crippen LogP contribution in [0.3, 0.4) is 0 Å². The Bertz CT molecular complexity index is 1430. The minimum Gasteiger partial charge on any atom is -0.458 e. The van der Waals surface area contributed by atoms with Gasteiger partial charge in [0.05, 0.1) is 21.5 Å². The fourth-order valence-electron chi connectivity index (χ4n) is 3.56. The Morgan fingerprint density at radius 3 is 2.35 bits per heavy atom. The molecule has 0 spiro atoms. The Labute approximate surface area is 191 Å². The molecule has 8 nitrogen and oxygen atoms in total. The van der Waals surface area contributed by atoms with Crippen LogP contribution in [0.1, 0.15) is 30.3 Å². The van der Waals surface area contributed by atoms with Crippen molar-refractivity contribution in [3.63, 3.8) is 0 Å². The summed E-state index contributed by atoms with van der Waals surface area (Å²) in [6.07, 6.45) is -2.66. The number of alkyl halides is 3. The number of halogens is 3. The topological polar surface area (TPSA) is 105 Å². The smallest absolute Gasteiger partial charge is 0.458 e. The summed E-state index contributed by atoms with van der Waals surface area (Å²) >= 11 is 0. The van der Waals surface area contributed by atoms with Gasteiger partial charge in [-0.3, -0.25) is 4.79 Å². The quantitative estimate of drug-likeness (QED) is 0.480. The second-order valence-corrected chi connectivity index (χ2v) is 9.99. The van der Waals surface area contributed by atoms with Gasteiger partial charge >= 0.3 is 12.3 Å². The van der Waals surface area contributed by atoms with E-state index in [0.29, 0.717) is 0 Å². The summed E-state index contributed by atoms with van der Waals surface area (Å²) in [6.45, 7) is 1.69. The van der Waals surface area contributed by atoms with E-state index in [9.17, 15) is 31.2 Å². The van der Waals surface area contributed by atoms with Crippen molar-refractivity contribution >= 4 is 26.7 Å². The molecule has 34 heavy (non-hydrogen) atoms. The lowest BCUT2D eigenvalue weighted by atomic mass is 10.2. The fraction of sp³-hybridized carbons (Fsp3) is 0.318. The normalized spacial score (nSPS) is 15.2. The van der Waals surface area contributed by atoms with E-state index in [4.69, 9.17) is 4.74 Å². The first-order valence-electron chi connectivity index (χ1n) is 10.2. The van der Waals surface area contributed by atoms with Crippen LogP contribution in [0.5, 0.6) is 5.75 Å². The van der Waals surface area contributed by atoms with Crippen molar-refractivity contribution in [1.82, 2.24) is 9.78 Å². The van der Waals surface area contributed by atoms with E-state index in [1.165, 1.54) is 30.3 Å². The SMILES string of the molecule is CC(OC(=O)c1nn(-c2ccc(OC(F)(F)F)cc2)c2cccc(S(C)(=O)=O)c2c1=O)C1CC1. The predicted octanol–water partition coefficient (Wildman–Crippen LogP) is 3.64. The number of aromatic nitrogens is 2. The first kappa shape index (κ1) is 23.7. The van der Waals surface area contributed by atoms with Gasteiger partial charge in [-0.1, -0.05) is 6.07 Å². The van der Waals surface area contributed by atoms with Crippen LogP contribution < -0.4 is 10.2 Å². The second kappa shape index (κ2) is 8.42. The average molecular weight is 496 g/mol. The zero-order valence-electron chi connectivity index (χ0n) is 18.0. The zero-order chi connectivity index (χ0) is 24.8. The van der Waals surface area contributed by atoms with E-state index in [1.807, 2.05) is 0 Å². The second-order valence-electron chi connectivity index (χ2n) is 8.00. The largest absolute Gasteiger partial charge is 0.573 e. The molecule has 0 aliphatic heterocycles. The molecule has 12 heteroatoms. The van der Waals surface area contributed by atoms with Crippen LogP contribution in [0.4, 0.5) is 13.2 Å². The highest BCUT2D eigenvalue weighted by Gasteiger charge is 2.33. The molecule has 4 rings (SSSR count). The number of sulfone groups is 1. The molecule has 1 aliphatic carbocycles. The lowest BCUT2D eigenvalue weighted by molar-refractivity contribution is -0.274. The molecule has 3 aromatic rings. The zero-order valence-corrected chi connectivity index (χ0v) is 18.8. The van der Waals surface area contributed by atoms with Gasteiger partial charge in [-0.05, 0) is 62.1 Å². The number of carbonyl (C=O) groups excluding carboxylic acids is 1. The number of fused-ring (bicyclic) bond motifs is 1. The Hall–Kier alpha value is -3.41. The van der Waals surface area contributed by atoms with Crippen molar-refractivity contribution in [2.75, 3.05) is 6.26 Å². The van der Waals surface area contributed by atoms with Gasteiger partial charge in [-0.15, -0.1) is 13.2 Å². The summed E-state index contributed by atoms with van der Waals surface area (Å²) in [5.41, 5.74) is -1.34. The third-order valence-corrected chi connectivity index (χ3v) is 6.50. The number of ether oxygens (including phenoxy) is 2. The molecule has 1 atom stereocenters. The van der Waals surface area contributed by atoms with Crippen molar-refractivity contribution < 1.29 is 35.9 Å². The molecule has 0 radical (unpaired) electrons. The predicted molar refractivity (Wildman–Crippen MR) is 115 cm³/mol. The van der Waals surface area contributed by atoms with Crippen LogP contribution in [-0.2, 0) is 14.6 Å². The van der Waals surface area contributed by atoms with Crippen LogP contribution in [0, 0.1) is 5.92 Å². The summed E-state index contributed by atoms with van der Waals surface area (Å²) in [5.74, 6) is -1.32. The number of rotatable bonds is 6. The maximum atomic E-state index is 13.2. The monoisotopic (exact) mass is 496 g/mol. The summed E-state index contributed by atoms with van der Waals surface area (Å²) in [4.78, 5) is 25.7. The van der Waals surface area contributed by atoms with Gasteiger partial charge < -0.3 is 9.47 Å². The van der Waals surface area contributed by atoms with Gasteiger partial charge in [0.25, 0.3) is 0 Å². The van der Waals surface area contributed by atoms with Crippen molar-refractivity contribution in [2.24, 2.45) is 5.92 Å². The third kappa shape index (κ3) is 4.91. The molecule has 1 aromatic heterocycles. The molecule has 1 unspecified atom stereocenters. The van der Waals surface area contributed by atoms with Gasteiger partial charge in [-0.2, -0.15) is 5.10 Å². The van der Waals surface area contributed by atoms with Crippen molar-refractivity contribution in [3.8, 4) is 11.4 Å². The Kier molecular flexibility index (Phi) is 5.88. The molecule has 1 heterocycles. The Morgan fingerprint density at radius 1 is 1.15 bits per heavy atom. The van der Waals surface area contributed by atoms with Gasteiger partial charge in [-0.25, -0.2) is 17.9 Å². The Morgan fingerprint density at radius 2 is 1.79 bits per heavy atom. The van der Waals surface area contributed by atoms with Crippen LogP contribution in [-0.4, -0.2) is 42.9 Å². The highest BCUT2D eigenvalue weighted by Crippen LogP contribution is 2.34. The van der Waals surface area contributed by atoms with Crippen molar-refractivity contribution in [3.05, 3.63) is 58.4 Å². The molecule has 0 bridgehead atoms. The minimum absolute atomic E-state index is 0.0456. The lowest BCUT2D eigenvalue weighted by Gasteiger charge is -2.16. The molecular formula is C22H19F3N2O6S. The van der Waals surface area contributed by atoms with Crippen LogP contribution in [0.25, 0.3) is 16.6 Å². The Balaban J connectivity index is 1.91. The van der Waals surface area contributed by atoms with E-state index < -0.39 is 45.1 Å². The summed E-state index contributed by atoms with van der Waals surface area (Å²) in [7, 11) is -3.89. The fourth-order valence-corrected chi connectivity index (χ4v) is 4.45. The van der Waals surface area contributed by atoms with Gasteiger partial charge in [0.2, 0.25) is 11.1 Å². The summed E-state index contributed by atoms with van der Waals surface area (Å²) in [5, 5.41) is 3.83. The molecular weight excluding hydrogens is 477 g/mol. The molecule has 1 aliphatic rings. The number of nitrogens with zero attached hydrogens (tertiary/aromatic N) is 2. The highest BCUT2D eigenvalue weighted by molar-refractivity contribution is 7.91. The van der Waals surface area contributed by atoms with Crippen LogP contribution in [0.2, 0.25) is 0 Å². The number of benzene rings is 2. The number of hydrogen-bond donors (Lipinski definition) is 0. The number of carbonyl (C=O) groups is 1. The standard InChI is InChI=1S/C22H19F3N2O6S/c1-12(13-6-7-13)32-21(29)19-20(28)18-16(4-3-5-17(18)34(2,30)31)27(26-19)14-8-10-15(11-9-14)33-22(23,24)25/h3-5,8-13H,6-7H2,1-2H3. The van der Waals surface area contributed by atoms with E-state index in [2.05, 4.69) is 9.84 Å². The van der Waals surface area contributed by atoms with Crippen LogP contribution >= 0.6 is 0 Å². The minimum atomic E-state index is -4.89. The molecule has 0 N–H and O–H groups in total. The van der Waals surface area contributed by atoms with Crippen molar-refractivity contribution in [1.29, 1.82) is 0 Å². The first-order valence-corrected chi connectivity index (χ1v) is 12.1. The van der Waals surface area contributed by atoms with Gasteiger partial charge in [0, 0.05) is 6.26 Å². The lowest BCUT2D eigenvalue weighted by Crippen LogP contribution is -2.27. The molecule has 180 valence electrons. The summed E-state index contributed by atoms with van der Waals surface area (Å²) < 4.78 is 72.6. The third-order valence-electron chi connectivity index (χ3n) is 5.36. The van der Waals surface area contributed by atoms with E-state index >= 15 is 0 Å². The maximum absolute atomic E-state index is 13.2. The maximum Gasteiger partial charge on any atom is 0.573 e. The van der Waals surface area contributed by atoms with Crippen LogP contribution in [0.15, 0.2) is 52.2 Å².